The molecule has 0 aromatic carbocycles. The fourth-order valence-electron chi connectivity index (χ4n) is 1.01. The minimum absolute atomic E-state index is 0.00869. The van der Waals surface area contributed by atoms with E-state index in [1.807, 2.05) is 19.9 Å². The van der Waals surface area contributed by atoms with Crippen LogP contribution in [-0.2, 0) is 0 Å². The number of aliphatic hydroxyl groups excluding tert-OH is 1. The smallest absolute Gasteiger partial charge is 0.142 e. The molecule has 1 aromatic heterocycles. The highest BCUT2D eigenvalue weighted by molar-refractivity contribution is 9.10. The summed E-state index contributed by atoms with van der Waals surface area (Å²) in [6.07, 6.45) is 7.03. The first-order valence-corrected chi connectivity index (χ1v) is 5.29. The van der Waals surface area contributed by atoms with Crippen molar-refractivity contribution in [2.45, 2.75) is 19.4 Å². The molecule has 0 saturated carbocycles. The first kappa shape index (κ1) is 12.0. The van der Waals surface area contributed by atoms with E-state index in [1.165, 1.54) is 0 Å². The summed E-state index contributed by atoms with van der Waals surface area (Å²) in [6.45, 7) is 3.75. The zero-order valence-corrected chi connectivity index (χ0v) is 10.3. The summed E-state index contributed by atoms with van der Waals surface area (Å²) in [6, 6.07) is 1.81. The van der Waals surface area contributed by atoms with E-state index in [-0.39, 0.29) is 6.61 Å². The predicted molar refractivity (Wildman–Crippen MR) is 64.7 cm³/mol. The normalized spacial score (nSPS) is 10.9. The lowest BCUT2D eigenvalue weighted by Gasteiger charge is -2.24. The van der Waals surface area contributed by atoms with Crippen LogP contribution in [0.4, 0.5) is 5.82 Å². The van der Waals surface area contributed by atoms with Crippen molar-refractivity contribution in [1.29, 1.82) is 0 Å². The second-order valence-electron chi connectivity index (χ2n) is 3.86. The van der Waals surface area contributed by atoms with Gasteiger partial charge in [0.2, 0.25) is 0 Å². The Morgan fingerprint density at radius 3 is 2.87 bits per heavy atom. The van der Waals surface area contributed by atoms with Crippen molar-refractivity contribution in [3.63, 3.8) is 0 Å². The molecular weight excluding hydrogens is 256 g/mol. The zero-order valence-electron chi connectivity index (χ0n) is 8.71. The monoisotopic (exact) mass is 268 g/mol. The quantitative estimate of drug-likeness (QED) is 0.825. The summed E-state index contributed by atoms with van der Waals surface area (Å²) in [7, 11) is 0. The summed E-state index contributed by atoms with van der Waals surface area (Å²) < 4.78 is 0.836. The Bertz CT molecular complexity index is 396. The van der Waals surface area contributed by atoms with E-state index in [2.05, 4.69) is 32.2 Å². The van der Waals surface area contributed by atoms with Gasteiger partial charge in [-0.25, -0.2) is 4.98 Å². The van der Waals surface area contributed by atoms with Crippen molar-refractivity contribution in [3.05, 3.63) is 22.3 Å². The first-order chi connectivity index (χ1) is 6.98. The summed E-state index contributed by atoms with van der Waals surface area (Å²) >= 11 is 3.30. The highest BCUT2D eigenvalue weighted by atomic mass is 79.9. The van der Waals surface area contributed by atoms with Crippen LogP contribution in [0, 0.1) is 12.3 Å². The minimum Gasteiger partial charge on any atom is -0.394 e. The molecule has 2 N–H and O–H groups in total. The van der Waals surface area contributed by atoms with E-state index in [0.717, 1.165) is 4.47 Å². The fourth-order valence-corrected chi connectivity index (χ4v) is 1.34. The molecule has 0 bridgehead atoms. The van der Waals surface area contributed by atoms with Gasteiger partial charge < -0.3 is 10.4 Å². The average molecular weight is 269 g/mol. The van der Waals surface area contributed by atoms with Gasteiger partial charge in [-0.05, 0) is 35.8 Å². The zero-order chi connectivity index (χ0) is 11.5. The number of nitrogens with zero attached hydrogens (tertiary/aromatic N) is 1. The van der Waals surface area contributed by atoms with Crippen LogP contribution in [0.2, 0.25) is 0 Å². The van der Waals surface area contributed by atoms with E-state index in [9.17, 15) is 0 Å². The summed E-state index contributed by atoms with van der Waals surface area (Å²) in [5.41, 5.74) is 0.234. The number of nitrogens with one attached hydrogen (secondary N) is 1. The lowest BCUT2D eigenvalue weighted by atomic mass is 10.1. The van der Waals surface area contributed by atoms with Gasteiger partial charge in [0.05, 0.1) is 17.7 Å². The molecule has 1 aromatic rings. The average Bonchev–Trinajstić information content (AvgIpc) is 2.20. The Balaban J connectivity index is 3.01. The molecule has 15 heavy (non-hydrogen) atoms. The molecule has 4 heteroatoms. The van der Waals surface area contributed by atoms with Gasteiger partial charge in [0.25, 0.3) is 0 Å². The van der Waals surface area contributed by atoms with Gasteiger partial charge in [-0.2, -0.15) is 0 Å². The van der Waals surface area contributed by atoms with Gasteiger partial charge in [0, 0.05) is 10.7 Å². The maximum atomic E-state index is 9.12. The maximum absolute atomic E-state index is 9.12. The van der Waals surface area contributed by atoms with E-state index in [1.54, 1.807) is 6.20 Å². The third-order valence-corrected chi connectivity index (χ3v) is 2.30. The Hall–Kier alpha value is -1.05. The lowest BCUT2D eigenvalue weighted by molar-refractivity contribution is 0.234. The molecule has 0 spiro atoms. The van der Waals surface area contributed by atoms with E-state index < -0.39 is 5.54 Å². The SMILES string of the molecule is C#Cc1cc(Br)cnc1NC(C)(C)CO. The molecule has 80 valence electrons. The first-order valence-electron chi connectivity index (χ1n) is 4.50. The van der Waals surface area contributed by atoms with E-state index in [4.69, 9.17) is 11.5 Å². The van der Waals surface area contributed by atoms with Gasteiger partial charge in [-0.3, -0.25) is 0 Å². The van der Waals surface area contributed by atoms with Crippen molar-refractivity contribution in [2.75, 3.05) is 11.9 Å². The Morgan fingerprint density at radius 1 is 1.67 bits per heavy atom. The number of rotatable bonds is 3. The minimum atomic E-state index is -0.438. The van der Waals surface area contributed by atoms with Crippen molar-refractivity contribution >= 4 is 21.7 Å². The second kappa shape index (κ2) is 4.65. The molecule has 0 aliphatic carbocycles. The lowest BCUT2D eigenvalue weighted by Crippen LogP contribution is -2.35. The van der Waals surface area contributed by atoms with Crippen LogP contribution in [0.5, 0.6) is 0 Å². The van der Waals surface area contributed by atoms with Crippen molar-refractivity contribution in [1.82, 2.24) is 4.98 Å². The Kier molecular flexibility index (Phi) is 3.72. The number of anilines is 1. The molecule has 3 nitrogen and oxygen atoms in total. The molecule has 0 aliphatic heterocycles. The van der Waals surface area contributed by atoms with Gasteiger partial charge in [-0.15, -0.1) is 6.42 Å². The molecule has 0 amide bonds. The van der Waals surface area contributed by atoms with Gasteiger partial charge in [0.1, 0.15) is 5.82 Å². The molecule has 0 radical (unpaired) electrons. The summed E-state index contributed by atoms with van der Waals surface area (Å²) in [5.74, 6) is 3.16. The molecule has 0 atom stereocenters. The highest BCUT2D eigenvalue weighted by Crippen LogP contribution is 2.20. The summed E-state index contributed by atoms with van der Waals surface area (Å²) in [5, 5.41) is 12.2. The molecule has 0 aliphatic rings. The van der Waals surface area contributed by atoms with E-state index in [0.29, 0.717) is 11.4 Å². The standard InChI is InChI=1S/C11H13BrN2O/c1-4-8-5-9(12)6-13-10(8)14-11(2,3)7-15/h1,5-6,15H,7H2,2-3H3,(H,13,14). The highest BCUT2D eigenvalue weighted by Gasteiger charge is 2.17. The number of hydrogen-bond donors (Lipinski definition) is 2. The number of hydrogen-bond acceptors (Lipinski definition) is 3. The van der Waals surface area contributed by atoms with Crippen LogP contribution in [0.25, 0.3) is 0 Å². The number of pyridine rings is 1. The number of aliphatic hydroxyl groups is 1. The fraction of sp³-hybridized carbons (Fsp3) is 0.364. The van der Waals surface area contributed by atoms with Crippen molar-refractivity contribution in [3.8, 4) is 12.3 Å². The Morgan fingerprint density at radius 2 is 2.33 bits per heavy atom. The molecule has 1 heterocycles. The molecular formula is C11H13BrN2O. The Labute approximate surface area is 98.1 Å². The number of aromatic nitrogens is 1. The van der Waals surface area contributed by atoms with Crippen molar-refractivity contribution < 1.29 is 5.11 Å². The topological polar surface area (TPSA) is 45.2 Å². The number of terminal acetylenes is 1. The number of halogens is 1. The van der Waals surface area contributed by atoms with Crippen LogP contribution < -0.4 is 5.32 Å². The van der Waals surface area contributed by atoms with Crippen LogP contribution >= 0.6 is 15.9 Å². The second-order valence-corrected chi connectivity index (χ2v) is 4.78. The third kappa shape index (κ3) is 3.22. The van der Waals surface area contributed by atoms with Crippen molar-refractivity contribution in [2.24, 2.45) is 0 Å². The molecule has 1 rings (SSSR count). The largest absolute Gasteiger partial charge is 0.394 e. The van der Waals surface area contributed by atoms with Gasteiger partial charge in [-0.1, -0.05) is 5.92 Å². The van der Waals surface area contributed by atoms with Crippen LogP contribution in [0.3, 0.4) is 0 Å². The summed E-state index contributed by atoms with van der Waals surface area (Å²) in [4.78, 5) is 4.17. The maximum Gasteiger partial charge on any atom is 0.142 e. The predicted octanol–water partition coefficient (Wildman–Crippen LogP) is 2.01. The molecule has 0 saturated heterocycles. The van der Waals surface area contributed by atoms with Gasteiger partial charge >= 0.3 is 0 Å². The van der Waals surface area contributed by atoms with E-state index >= 15 is 0 Å². The van der Waals surface area contributed by atoms with Crippen LogP contribution in [0.15, 0.2) is 16.7 Å². The third-order valence-electron chi connectivity index (χ3n) is 1.86. The molecule has 0 fully saturated rings. The van der Waals surface area contributed by atoms with Gasteiger partial charge in [0.15, 0.2) is 0 Å². The van der Waals surface area contributed by atoms with Crippen LogP contribution in [0.1, 0.15) is 19.4 Å². The van der Waals surface area contributed by atoms with Crippen LogP contribution in [-0.4, -0.2) is 22.2 Å². The molecule has 0 unspecified atom stereocenters.